The Morgan fingerprint density at radius 1 is 0.701 bits per heavy atom. The number of nitrogens with zero attached hydrogens (tertiary/aromatic N) is 7. The van der Waals surface area contributed by atoms with Gasteiger partial charge in [0.1, 0.15) is 43.5 Å². The molecule has 4 saturated heterocycles. The van der Waals surface area contributed by atoms with Gasteiger partial charge in [-0.05, 0) is 187 Å². The SMILES string of the molecule is CSc1nc2c(F)c(Br)c(CCC#N)cc2c(N(C(=O)OC(C)(C)C)[C@H]2[C@@H]3C[C@H]2N(C(=O)OC(C)(C)C)C3)c1N.CSc1nc2c(F)c(Br)c(I)cc2c(N(C(=O)OC(C)(C)C)[C@H]2[C@@H]3C[C@H]2N(C(=O)OC(C)(C)C)C3)c1N. The van der Waals surface area contributed by atoms with Crippen LogP contribution in [0.1, 0.15) is 108 Å². The first-order valence-electron chi connectivity index (χ1n) is 25.0. The minimum Gasteiger partial charge on any atom is -0.444 e. The summed E-state index contributed by atoms with van der Waals surface area (Å²) in [5, 5.41) is 10.7. The van der Waals surface area contributed by atoms with Gasteiger partial charge in [0.2, 0.25) is 0 Å². The zero-order chi connectivity index (χ0) is 57.3. The number of carbonyl (C=O) groups is 4. The van der Waals surface area contributed by atoms with Gasteiger partial charge in [-0.2, -0.15) is 5.26 Å². The summed E-state index contributed by atoms with van der Waals surface area (Å²) in [7, 11) is 0. The van der Waals surface area contributed by atoms with E-state index in [9.17, 15) is 19.2 Å². The van der Waals surface area contributed by atoms with Crippen LogP contribution in [0.4, 0.5) is 50.7 Å². The van der Waals surface area contributed by atoms with Crippen LogP contribution in [0.2, 0.25) is 0 Å². The van der Waals surface area contributed by atoms with Crippen LogP contribution in [0.5, 0.6) is 0 Å². The fraction of sp³-hybridized carbons (Fsp3) is 0.566. The number of halogens is 5. The first kappa shape index (κ1) is 60.3. The number of nitriles is 1. The number of carbonyl (C=O) groups excluding carboxylic acids is 4. The molecule has 6 heterocycles. The lowest BCUT2D eigenvalue weighted by Gasteiger charge is -2.44. The van der Waals surface area contributed by atoms with Crippen LogP contribution in [0, 0.1) is 38.4 Å². The first-order valence-corrected chi connectivity index (χ1v) is 30.1. The van der Waals surface area contributed by atoms with Crippen molar-refractivity contribution in [2.24, 2.45) is 11.8 Å². The largest absolute Gasteiger partial charge is 0.444 e. The van der Waals surface area contributed by atoms with Gasteiger partial charge >= 0.3 is 24.4 Å². The molecule has 17 nitrogen and oxygen atoms in total. The van der Waals surface area contributed by atoms with E-state index in [4.69, 9.17) is 35.7 Å². The second-order valence-corrected chi connectivity index (χ2v) is 27.8. The third-order valence-corrected chi connectivity index (χ3v) is 17.8. The Labute approximate surface area is 487 Å². The van der Waals surface area contributed by atoms with Gasteiger partial charge in [0, 0.05) is 45.7 Å². The van der Waals surface area contributed by atoms with Gasteiger partial charge in [0.15, 0.2) is 11.6 Å². The highest BCUT2D eigenvalue weighted by Crippen LogP contribution is 2.52. The Bertz CT molecular complexity index is 3090. The van der Waals surface area contributed by atoms with Crippen LogP contribution in [-0.2, 0) is 25.4 Å². The molecule has 4 aliphatic heterocycles. The van der Waals surface area contributed by atoms with Gasteiger partial charge in [-0.15, -0.1) is 23.5 Å². The average molecular weight is 1350 g/mol. The molecule has 0 spiro atoms. The minimum absolute atomic E-state index is 0.00949. The zero-order valence-electron chi connectivity index (χ0n) is 45.6. The number of ether oxygens (including phenoxy) is 4. The molecular formula is C53H66Br2F2IN9O8S2. The molecule has 2 aromatic carbocycles. The molecule has 0 unspecified atom stereocenters. The number of benzene rings is 2. The third-order valence-electron chi connectivity index (χ3n) is 13.2. The summed E-state index contributed by atoms with van der Waals surface area (Å²) in [5.74, 6) is -1.19. The molecule has 2 aromatic heterocycles. The minimum atomic E-state index is -0.824. The predicted molar refractivity (Wildman–Crippen MR) is 313 cm³/mol. The van der Waals surface area contributed by atoms with Crippen LogP contribution < -0.4 is 21.3 Å². The summed E-state index contributed by atoms with van der Waals surface area (Å²) < 4.78 is 55.3. The van der Waals surface area contributed by atoms with Crippen LogP contribution in [0.25, 0.3) is 21.8 Å². The smallest absolute Gasteiger partial charge is 0.415 e. The zero-order valence-corrected chi connectivity index (χ0v) is 52.6. The van der Waals surface area contributed by atoms with Gasteiger partial charge in [0.05, 0.1) is 61.9 Å². The maximum absolute atomic E-state index is 15.8. The van der Waals surface area contributed by atoms with Crippen molar-refractivity contribution in [2.75, 3.05) is 46.9 Å². The van der Waals surface area contributed by atoms with E-state index in [2.05, 4.69) is 47.9 Å². The average Bonchev–Trinajstić information content (AvgIpc) is 4.10. The number of hydrogen-bond acceptors (Lipinski definition) is 15. The van der Waals surface area contributed by atoms with E-state index < -0.39 is 70.5 Å². The monoisotopic (exact) mass is 1340 g/mol. The molecule has 10 rings (SSSR count). The lowest BCUT2D eigenvalue weighted by Crippen LogP contribution is -2.59. The highest BCUT2D eigenvalue weighted by molar-refractivity contribution is 14.1. The molecule has 77 heavy (non-hydrogen) atoms. The molecule has 6 aliphatic rings. The maximum Gasteiger partial charge on any atom is 0.415 e. The second-order valence-electron chi connectivity index (χ2n) is 23.4. The summed E-state index contributed by atoms with van der Waals surface area (Å²) in [6, 6.07) is 4.10. The Kier molecular flexibility index (Phi) is 17.5. The van der Waals surface area contributed by atoms with Gasteiger partial charge in [-0.1, -0.05) is 0 Å². The van der Waals surface area contributed by atoms with Crippen molar-refractivity contribution in [3.05, 3.63) is 41.8 Å². The molecule has 4 amide bonds. The fourth-order valence-electron chi connectivity index (χ4n) is 10.2. The molecule has 4 bridgehead atoms. The fourth-order valence-corrected chi connectivity index (χ4v) is 12.6. The number of rotatable bonds is 8. The normalized spacial score (nSPS) is 20.6. The standard InChI is InChI=1S/C28H35BrFN5O4S.C25H31BrFIN4O4S/c1-27(2,3)38-25(36)34-13-15-12-17(34)22(15)35(26(37)39-28(4,5)6)23-16-11-14(9-8-10-31)18(29)19(30)21(16)33-24(40-7)20(23)32;1-24(2,3)35-22(33)31-10-11-8-14(31)19(11)32(23(34)36-25(4,5)6)20-12-9-13(28)15(26)16(27)18(12)30-21(37-7)17(20)29/h11,15,17,22H,8-9,12-13,32H2,1-7H3;9,11,14,19H,8,10,29H2,1-7H3/t15-,17-,22+;11-,14-,19+/m11/s1. The number of nitrogen functional groups attached to an aromatic ring is 2. The number of aryl methyl sites for hydroxylation is 1. The number of amides is 4. The van der Waals surface area contributed by atoms with Crippen molar-refractivity contribution in [1.82, 2.24) is 19.8 Å². The van der Waals surface area contributed by atoms with Crippen LogP contribution in [0.3, 0.4) is 0 Å². The highest BCUT2D eigenvalue weighted by Gasteiger charge is 2.61. The lowest BCUT2D eigenvalue weighted by atomic mass is 9.78. The number of pyridine rings is 2. The Balaban J connectivity index is 0.000000224. The van der Waals surface area contributed by atoms with Crippen molar-refractivity contribution in [2.45, 2.75) is 165 Å². The maximum atomic E-state index is 15.8. The van der Waals surface area contributed by atoms with E-state index in [-0.39, 0.29) is 57.2 Å². The number of anilines is 4. The van der Waals surface area contributed by atoms with Crippen molar-refractivity contribution in [3.8, 4) is 6.07 Å². The Morgan fingerprint density at radius 2 is 1.08 bits per heavy atom. The van der Waals surface area contributed by atoms with E-state index in [0.29, 0.717) is 71.7 Å². The quantitative estimate of drug-likeness (QED) is 0.0725. The number of aromatic nitrogens is 2. The molecular weight excluding hydrogens is 1280 g/mol. The topological polar surface area (TPSA) is 220 Å². The third kappa shape index (κ3) is 12.4. The van der Waals surface area contributed by atoms with Crippen LogP contribution in [0.15, 0.2) is 31.1 Å². The van der Waals surface area contributed by atoms with Crippen molar-refractivity contribution < 1.29 is 46.9 Å². The number of nitrogens with two attached hydrogens (primary N) is 2. The van der Waals surface area contributed by atoms with E-state index in [1.807, 2.05) is 43.4 Å². The Morgan fingerprint density at radius 3 is 1.44 bits per heavy atom. The molecule has 6 fully saturated rings. The summed E-state index contributed by atoms with van der Waals surface area (Å²) in [6.45, 7) is 22.4. The van der Waals surface area contributed by atoms with Crippen molar-refractivity contribution in [3.63, 3.8) is 0 Å². The summed E-state index contributed by atoms with van der Waals surface area (Å²) >= 11 is 11.2. The molecule has 2 aliphatic carbocycles. The summed E-state index contributed by atoms with van der Waals surface area (Å²) in [5.41, 5.74) is 12.2. The molecule has 24 heteroatoms. The molecule has 4 aromatic rings. The highest BCUT2D eigenvalue weighted by atomic mass is 127. The lowest BCUT2D eigenvalue weighted by molar-refractivity contribution is 0.0211. The van der Waals surface area contributed by atoms with E-state index >= 15 is 8.78 Å². The van der Waals surface area contributed by atoms with Gasteiger partial charge in [-0.3, -0.25) is 9.80 Å². The molecule has 2 saturated carbocycles. The number of thioether (sulfide) groups is 2. The molecule has 418 valence electrons. The second kappa shape index (κ2) is 22.3. The number of hydrogen-bond donors (Lipinski definition) is 2. The molecule has 0 radical (unpaired) electrons. The van der Waals surface area contributed by atoms with Gasteiger partial charge in [-0.25, -0.2) is 37.9 Å². The number of fused-ring (bicyclic) bond motifs is 4. The van der Waals surface area contributed by atoms with Crippen molar-refractivity contribution in [1.29, 1.82) is 5.26 Å². The summed E-state index contributed by atoms with van der Waals surface area (Å²) in [6.07, 6.45) is 3.33. The summed E-state index contributed by atoms with van der Waals surface area (Å²) in [4.78, 5) is 69.2. The van der Waals surface area contributed by atoms with Gasteiger partial charge < -0.3 is 40.2 Å². The molecule has 4 N–H and O–H groups in total. The van der Waals surface area contributed by atoms with E-state index in [0.717, 1.165) is 6.42 Å². The first-order chi connectivity index (χ1) is 35.6. The van der Waals surface area contributed by atoms with E-state index in [1.54, 1.807) is 96.8 Å². The Hall–Kier alpha value is -4.32. The van der Waals surface area contributed by atoms with Crippen LogP contribution in [-0.4, -0.2) is 116 Å². The van der Waals surface area contributed by atoms with E-state index in [1.165, 1.54) is 33.3 Å². The van der Waals surface area contributed by atoms with Gasteiger partial charge in [0.25, 0.3) is 0 Å². The predicted octanol–water partition coefficient (Wildman–Crippen LogP) is 13.4. The van der Waals surface area contributed by atoms with Crippen LogP contribution >= 0.6 is 78.0 Å². The molecule has 6 atom stereocenters. The van der Waals surface area contributed by atoms with Crippen molar-refractivity contribution >= 4 is 147 Å².